The number of rotatable bonds is 6. The third-order valence-electron chi connectivity index (χ3n) is 2.50. The van der Waals surface area contributed by atoms with Crippen LogP contribution in [0.2, 0.25) is 0 Å². The van der Waals surface area contributed by atoms with E-state index in [2.05, 4.69) is 10.5 Å². The molecule has 0 aromatic heterocycles. The van der Waals surface area contributed by atoms with Crippen molar-refractivity contribution in [3.05, 3.63) is 0 Å². The van der Waals surface area contributed by atoms with Gasteiger partial charge in [-0.15, -0.1) is 0 Å². The van der Waals surface area contributed by atoms with Gasteiger partial charge in [0.1, 0.15) is 5.84 Å². The van der Waals surface area contributed by atoms with Crippen LogP contribution in [0.5, 0.6) is 0 Å². The molecule has 6 heteroatoms. The van der Waals surface area contributed by atoms with Crippen molar-refractivity contribution in [1.82, 2.24) is 5.32 Å². The van der Waals surface area contributed by atoms with Crippen LogP contribution >= 0.6 is 0 Å². The summed E-state index contributed by atoms with van der Waals surface area (Å²) in [5, 5.41) is 13.9. The Labute approximate surface area is 94.8 Å². The van der Waals surface area contributed by atoms with Crippen molar-refractivity contribution in [1.29, 1.82) is 0 Å². The van der Waals surface area contributed by atoms with Gasteiger partial charge < -0.3 is 21.0 Å². The van der Waals surface area contributed by atoms with Crippen molar-refractivity contribution in [3.63, 3.8) is 0 Å². The summed E-state index contributed by atoms with van der Waals surface area (Å²) in [7, 11) is 0. The van der Waals surface area contributed by atoms with Crippen LogP contribution in [0, 0.1) is 0 Å². The lowest BCUT2D eigenvalue weighted by Crippen LogP contribution is -2.28. The zero-order valence-electron chi connectivity index (χ0n) is 9.32. The number of hydrogen-bond acceptors (Lipinski definition) is 4. The summed E-state index contributed by atoms with van der Waals surface area (Å²) in [6, 6.07) is 0. The van der Waals surface area contributed by atoms with Gasteiger partial charge in [-0.2, -0.15) is 0 Å². The lowest BCUT2D eigenvalue weighted by atomic mass is 10.2. The topological polar surface area (TPSA) is 96.9 Å². The maximum atomic E-state index is 11.4. The molecule has 16 heavy (non-hydrogen) atoms. The van der Waals surface area contributed by atoms with Crippen LogP contribution in [0.1, 0.15) is 32.1 Å². The van der Waals surface area contributed by atoms with Crippen molar-refractivity contribution < 1.29 is 14.7 Å². The summed E-state index contributed by atoms with van der Waals surface area (Å²) in [5.41, 5.74) is 5.29. The van der Waals surface area contributed by atoms with Gasteiger partial charge in [0.25, 0.3) is 0 Å². The van der Waals surface area contributed by atoms with Crippen molar-refractivity contribution in [2.75, 3.05) is 13.2 Å². The first-order valence-electron chi connectivity index (χ1n) is 5.57. The van der Waals surface area contributed by atoms with Crippen LogP contribution in [-0.4, -0.2) is 36.2 Å². The Kier molecular flexibility index (Phi) is 5.63. The summed E-state index contributed by atoms with van der Waals surface area (Å²) in [5.74, 6) is 0.194. The van der Waals surface area contributed by atoms with Crippen LogP contribution in [0.4, 0.5) is 0 Å². The van der Waals surface area contributed by atoms with Gasteiger partial charge in [0, 0.05) is 19.6 Å². The zero-order valence-corrected chi connectivity index (χ0v) is 9.32. The van der Waals surface area contributed by atoms with E-state index in [0.717, 1.165) is 19.4 Å². The maximum absolute atomic E-state index is 11.4. The zero-order chi connectivity index (χ0) is 11.8. The third kappa shape index (κ3) is 4.97. The molecule has 1 unspecified atom stereocenters. The van der Waals surface area contributed by atoms with Crippen LogP contribution in [-0.2, 0) is 9.53 Å². The first kappa shape index (κ1) is 12.8. The Hall–Kier alpha value is -1.30. The van der Waals surface area contributed by atoms with Crippen LogP contribution < -0.4 is 11.1 Å². The molecule has 0 aliphatic carbocycles. The lowest BCUT2D eigenvalue weighted by Gasteiger charge is -2.09. The van der Waals surface area contributed by atoms with Gasteiger partial charge in [-0.05, 0) is 19.3 Å². The Morgan fingerprint density at radius 3 is 3.06 bits per heavy atom. The van der Waals surface area contributed by atoms with Gasteiger partial charge >= 0.3 is 0 Å². The number of nitrogens with one attached hydrogen (secondary N) is 1. The van der Waals surface area contributed by atoms with E-state index in [4.69, 9.17) is 15.7 Å². The molecule has 0 radical (unpaired) electrons. The number of amidine groups is 1. The smallest absolute Gasteiger partial charge is 0.222 e. The third-order valence-corrected chi connectivity index (χ3v) is 2.50. The molecular formula is C10H19N3O3. The molecule has 1 rings (SSSR count). The van der Waals surface area contributed by atoms with E-state index >= 15 is 0 Å². The van der Waals surface area contributed by atoms with Gasteiger partial charge in [-0.3, -0.25) is 4.79 Å². The summed E-state index contributed by atoms with van der Waals surface area (Å²) in [4.78, 5) is 11.4. The van der Waals surface area contributed by atoms with E-state index in [0.29, 0.717) is 25.8 Å². The quantitative estimate of drug-likeness (QED) is 0.199. The van der Waals surface area contributed by atoms with Gasteiger partial charge in [0.2, 0.25) is 5.91 Å². The number of nitrogens with zero attached hydrogens (tertiary/aromatic N) is 1. The highest BCUT2D eigenvalue weighted by molar-refractivity contribution is 5.79. The van der Waals surface area contributed by atoms with E-state index in [9.17, 15) is 4.79 Å². The lowest BCUT2D eigenvalue weighted by molar-refractivity contribution is -0.123. The second-order valence-corrected chi connectivity index (χ2v) is 3.88. The molecule has 0 aromatic carbocycles. The Bertz CT molecular complexity index is 250. The number of oxime groups is 1. The molecular weight excluding hydrogens is 210 g/mol. The second-order valence-electron chi connectivity index (χ2n) is 3.88. The Morgan fingerprint density at radius 2 is 2.44 bits per heavy atom. The highest BCUT2D eigenvalue weighted by atomic mass is 16.5. The maximum Gasteiger partial charge on any atom is 0.222 e. The summed E-state index contributed by atoms with van der Waals surface area (Å²) in [6.07, 6.45) is 3.69. The molecule has 1 amide bonds. The molecule has 0 bridgehead atoms. The fraction of sp³-hybridized carbons (Fsp3) is 0.800. The minimum absolute atomic E-state index is 0.00593. The average molecular weight is 229 g/mol. The molecule has 1 saturated heterocycles. The van der Waals surface area contributed by atoms with Gasteiger partial charge in [0.15, 0.2) is 0 Å². The SMILES string of the molecule is NC(CCCNC(=O)CC1CCCO1)=NO. The fourth-order valence-corrected chi connectivity index (χ4v) is 1.63. The number of carbonyl (C=O) groups is 1. The molecule has 4 N–H and O–H groups in total. The molecule has 92 valence electrons. The second kappa shape index (κ2) is 7.05. The highest BCUT2D eigenvalue weighted by Gasteiger charge is 2.18. The predicted molar refractivity (Wildman–Crippen MR) is 59.2 cm³/mol. The van der Waals surface area contributed by atoms with Crippen molar-refractivity contribution in [3.8, 4) is 0 Å². The Morgan fingerprint density at radius 1 is 1.62 bits per heavy atom. The predicted octanol–water partition coefficient (Wildman–Crippen LogP) is 0.198. The number of hydrogen-bond donors (Lipinski definition) is 3. The van der Waals surface area contributed by atoms with E-state index in [1.165, 1.54) is 0 Å². The molecule has 6 nitrogen and oxygen atoms in total. The normalized spacial score (nSPS) is 21.0. The molecule has 0 saturated carbocycles. The fourth-order valence-electron chi connectivity index (χ4n) is 1.63. The average Bonchev–Trinajstić information content (AvgIpc) is 2.76. The number of amides is 1. The van der Waals surface area contributed by atoms with E-state index in [1.807, 2.05) is 0 Å². The molecule has 1 aliphatic rings. The molecule has 1 heterocycles. The summed E-state index contributed by atoms with van der Waals surface area (Å²) >= 11 is 0. The van der Waals surface area contributed by atoms with Crippen molar-refractivity contribution in [2.24, 2.45) is 10.9 Å². The Balaban J connectivity index is 2.01. The first-order chi connectivity index (χ1) is 7.72. The van der Waals surface area contributed by atoms with Crippen LogP contribution in [0.25, 0.3) is 0 Å². The molecule has 0 aromatic rings. The van der Waals surface area contributed by atoms with Crippen LogP contribution in [0.3, 0.4) is 0 Å². The monoisotopic (exact) mass is 229 g/mol. The van der Waals surface area contributed by atoms with Crippen molar-refractivity contribution >= 4 is 11.7 Å². The molecule has 1 fully saturated rings. The largest absolute Gasteiger partial charge is 0.409 e. The minimum atomic E-state index is 0.00593. The molecule has 1 aliphatic heterocycles. The minimum Gasteiger partial charge on any atom is -0.409 e. The number of nitrogens with two attached hydrogens (primary N) is 1. The summed E-state index contributed by atoms with van der Waals surface area (Å²) in [6.45, 7) is 1.31. The first-order valence-corrected chi connectivity index (χ1v) is 5.57. The van der Waals surface area contributed by atoms with Gasteiger partial charge in [0.05, 0.1) is 12.5 Å². The van der Waals surface area contributed by atoms with E-state index < -0.39 is 0 Å². The van der Waals surface area contributed by atoms with Crippen LogP contribution in [0.15, 0.2) is 5.16 Å². The standard InChI is InChI=1S/C10H19N3O3/c11-9(13-15)4-1-5-12-10(14)7-8-3-2-6-16-8/h8,15H,1-7H2,(H2,11,13)(H,12,14). The summed E-state index contributed by atoms with van der Waals surface area (Å²) < 4.78 is 5.35. The van der Waals surface area contributed by atoms with E-state index in [-0.39, 0.29) is 17.8 Å². The van der Waals surface area contributed by atoms with Gasteiger partial charge in [-0.25, -0.2) is 0 Å². The van der Waals surface area contributed by atoms with Gasteiger partial charge in [-0.1, -0.05) is 5.16 Å². The molecule has 0 spiro atoms. The number of carbonyl (C=O) groups excluding carboxylic acids is 1. The van der Waals surface area contributed by atoms with Crippen molar-refractivity contribution in [2.45, 2.75) is 38.2 Å². The van der Waals surface area contributed by atoms with E-state index in [1.54, 1.807) is 0 Å². The molecule has 1 atom stereocenters. The highest BCUT2D eigenvalue weighted by Crippen LogP contribution is 2.14. The number of ether oxygens (including phenoxy) is 1.